The maximum Gasteiger partial charge on any atom is 0.431 e. The Morgan fingerprint density at radius 1 is 1.07 bits per heavy atom. The molecule has 4 heterocycles. The first-order valence-corrected chi connectivity index (χ1v) is 13.2. The largest absolute Gasteiger partial charge is 0.431 e. The first kappa shape index (κ1) is 28.3. The van der Waals surface area contributed by atoms with E-state index >= 15 is 0 Å². The smallest absolute Gasteiger partial charge is 0.352 e. The third kappa shape index (κ3) is 5.55. The SMILES string of the molecule is C=CC(=O)N1CCN(c2nc(NC3CCN(C(C)=O)CC3)nc3c(=O)n(C4C=CC=C4F)c(C(F)(F)F)cc23)CC1. The second-order valence-corrected chi connectivity index (χ2v) is 10.2. The van der Waals surface area contributed by atoms with Crippen LogP contribution >= 0.6 is 0 Å². The number of piperidine rings is 1. The second kappa shape index (κ2) is 11.0. The summed E-state index contributed by atoms with van der Waals surface area (Å²) in [5, 5.41) is 3.06. The molecule has 1 unspecified atom stereocenters. The van der Waals surface area contributed by atoms with Crippen molar-refractivity contribution in [3.63, 3.8) is 0 Å². The number of pyridine rings is 1. The number of piperazine rings is 1. The standard InChI is InChI=1S/C27H29F4N7O3/c1-3-22(40)36-11-13-37(14-12-36)24-18-15-21(27(29,30)31)38(20-6-4-5-19(20)28)25(41)23(18)33-26(34-24)32-17-7-9-35(10-8-17)16(2)39/h3-6,15,17,20H,1,7-14H2,2H3,(H,32,33,34). The molecule has 218 valence electrons. The molecule has 10 nitrogen and oxygen atoms in total. The van der Waals surface area contributed by atoms with E-state index < -0.39 is 29.3 Å². The molecule has 0 saturated carbocycles. The molecule has 2 fully saturated rings. The molecular weight excluding hydrogens is 546 g/mol. The van der Waals surface area contributed by atoms with Gasteiger partial charge in [-0.25, -0.2) is 9.37 Å². The number of likely N-dealkylation sites (tertiary alicyclic amines) is 1. The van der Waals surface area contributed by atoms with E-state index in [1.165, 1.54) is 25.2 Å². The molecule has 14 heteroatoms. The van der Waals surface area contributed by atoms with Gasteiger partial charge in [-0.2, -0.15) is 18.2 Å². The number of carbonyl (C=O) groups is 2. The number of fused-ring (bicyclic) bond motifs is 1. The number of allylic oxidation sites excluding steroid dienone is 4. The highest BCUT2D eigenvalue weighted by molar-refractivity contribution is 5.91. The molecule has 0 radical (unpaired) electrons. The predicted octanol–water partition coefficient (Wildman–Crippen LogP) is 3.03. The maximum absolute atomic E-state index is 14.6. The summed E-state index contributed by atoms with van der Waals surface area (Å²) in [6, 6.07) is -0.905. The van der Waals surface area contributed by atoms with E-state index in [2.05, 4.69) is 21.9 Å². The van der Waals surface area contributed by atoms with E-state index in [1.54, 1.807) is 14.7 Å². The maximum atomic E-state index is 14.6. The number of nitrogens with one attached hydrogen (secondary N) is 1. The van der Waals surface area contributed by atoms with Crippen molar-refractivity contribution in [2.75, 3.05) is 49.5 Å². The number of carbonyl (C=O) groups excluding carboxylic acids is 2. The molecule has 2 saturated heterocycles. The van der Waals surface area contributed by atoms with E-state index in [0.29, 0.717) is 30.5 Å². The van der Waals surface area contributed by atoms with Gasteiger partial charge in [0.15, 0.2) is 0 Å². The average Bonchev–Trinajstić information content (AvgIpc) is 3.37. The zero-order chi connectivity index (χ0) is 29.5. The molecule has 3 aliphatic rings. The lowest BCUT2D eigenvalue weighted by Crippen LogP contribution is -2.48. The van der Waals surface area contributed by atoms with Gasteiger partial charge in [-0.05, 0) is 31.1 Å². The number of anilines is 2. The van der Waals surface area contributed by atoms with Crippen molar-refractivity contribution >= 4 is 34.5 Å². The van der Waals surface area contributed by atoms with E-state index in [1.807, 2.05) is 0 Å². The van der Waals surface area contributed by atoms with Crippen molar-refractivity contribution < 1.29 is 27.2 Å². The number of halogens is 4. The number of alkyl halides is 3. The fourth-order valence-corrected chi connectivity index (χ4v) is 5.43. The molecule has 1 N–H and O–H groups in total. The van der Waals surface area contributed by atoms with Crippen LogP contribution in [0.3, 0.4) is 0 Å². The van der Waals surface area contributed by atoms with Gasteiger partial charge in [0.1, 0.15) is 28.9 Å². The number of amides is 2. The zero-order valence-electron chi connectivity index (χ0n) is 22.3. The Kier molecular flexibility index (Phi) is 7.58. The Morgan fingerprint density at radius 2 is 1.76 bits per heavy atom. The van der Waals surface area contributed by atoms with Crippen LogP contribution in [0.5, 0.6) is 0 Å². The van der Waals surface area contributed by atoms with Gasteiger partial charge in [0.05, 0.1) is 5.39 Å². The molecular formula is C27H29F4N7O3. The summed E-state index contributed by atoms with van der Waals surface area (Å²) in [4.78, 5) is 51.4. The van der Waals surface area contributed by atoms with Gasteiger partial charge >= 0.3 is 6.18 Å². The lowest BCUT2D eigenvalue weighted by atomic mass is 10.1. The van der Waals surface area contributed by atoms with Gasteiger partial charge in [0.2, 0.25) is 17.8 Å². The Bertz CT molecular complexity index is 1500. The molecule has 0 aromatic carbocycles. The predicted molar refractivity (Wildman–Crippen MR) is 144 cm³/mol. The van der Waals surface area contributed by atoms with Gasteiger partial charge in [0, 0.05) is 52.2 Å². The third-order valence-electron chi connectivity index (χ3n) is 7.63. The number of hydrogen-bond acceptors (Lipinski definition) is 7. The fraction of sp³-hybridized carbons (Fsp3) is 0.444. The first-order valence-electron chi connectivity index (χ1n) is 13.2. The number of aromatic nitrogens is 3. The van der Waals surface area contributed by atoms with Gasteiger partial charge in [-0.1, -0.05) is 18.7 Å². The van der Waals surface area contributed by atoms with Crippen LogP contribution in [-0.2, 0) is 15.8 Å². The van der Waals surface area contributed by atoms with Crippen molar-refractivity contribution in [3.8, 4) is 0 Å². The van der Waals surface area contributed by atoms with E-state index in [0.717, 1.165) is 12.1 Å². The topological polar surface area (TPSA) is 104 Å². The van der Waals surface area contributed by atoms with E-state index in [4.69, 9.17) is 0 Å². The Balaban J connectivity index is 1.61. The summed E-state index contributed by atoms with van der Waals surface area (Å²) in [6.45, 7) is 7.03. The summed E-state index contributed by atoms with van der Waals surface area (Å²) in [6.07, 6.45) is 0.829. The second-order valence-electron chi connectivity index (χ2n) is 10.2. The van der Waals surface area contributed by atoms with Crippen LogP contribution in [0.25, 0.3) is 10.9 Å². The third-order valence-corrected chi connectivity index (χ3v) is 7.63. The van der Waals surface area contributed by atoms with Crippen LogP contribution in [0.2, 0.25) is 0 Å². The molecule has 0 bridgehead atoms. The molecule has 1 aliphatic carbocycles. The van der Waals surface area contributed by atoms with Crippen LogP contribution in [0.15, 0.2) is 47.6 Å². The lowest BCUT2D eigenvalue weighted by Gasteiger charge is -2.36. The van der Waals surface area contributed by atoms with Gasteiger partial charge < -0.3 is 20.0 Å². The van der Waals surface area contributed by atoms with Crippen LogP contribution in [0.1, 0.15) is 31.5 Å². The van der Waals surface area contributed by atoms with Crippen molar-refractivity contribution in [3.05, 3.63) is 58.8 Å². The number of rotatable bonds is 5. The Hall–Kier alpha value is -4.23. The summed E-state index contributed by atoms with van der Waals surface area (Å²) in [7, 11) is 0. The highest BCUT2D eigenvalue weighted by atomic mass is 19.4. The van der Waals surface area contributed by atoms with Gasteiger partial charge in [-0.15, -0.1) is 0 Å². The van der Waals surface area contributed by atoms with Crippen LogP contribution in [-0.4, -0.2) is 81.5 Å². The molecule has 2 aromatic rings. The molecule has 0 spiro atoms. The number of nitrogens with zero attached hydrogens (tertiary/aromatic N) is 6. The minimum atomic E-state index is -4.97. The summed E-state index contributed by atoms with van der Waals surface area (Å²) >= 11 is 0. The minimum Gasteiger partial charge on any atom is -0.352 e. The molecule has 2 aliphatic heterocycles. The van der Waals surface area contributed by atoms with Crippen molar-refractivity contribution in [1.29, 1.82) is 0 Å². The van der Waals surface area contributed by atoms with Crippen molar-refractivity contribution in [2.24, 2.45) is 0 Å². The van der Waals surface area contributed by atoms with Gasteiger partial charge in [-0.3, -0.25) is 19.0 Å². The Morgan fingerprint density at radius 3 is 2.32 bits per heavy atom. The minimum absolute atomic E-state index is 0.0370. The van der Waals surface area contributed by atoms with Gasteiger partial charge in [0.25, 0.3) is 5.56 Å². The summed E-state index contributed by atoms with van der Waals surface area (Å²) < 4.78 is 57.8. The van der Waals surface area contributed by atoms with E-state index in [-0.39, 0.29) is 66.7 Å². The summed E-state index contributed by atoms with van der Waals surface area (Å²) in [5.74, 6) is -1.05. The first-order chi connectivity index (χ1) is 19.5. The van der Waals surface area contributed by atoms with Crippen LogP contribution < -0.4 is 15.8 Å². The summed E-state index contributed by atoms with van der Waals surface area (Å²) in [5.41, 5.74) is -2.71. The molecule has 41 heavy (non-hydrogen) atoms. The molecule has 5 rings (SSSR count). The highest BCUT2D eigenvalue weighted by Crippen LogP contribution is 2.37. The highest BCUT2D eigenvalue weighted by Gasteiger charge is 2.39. The Labute approximate surface area is 232 Å². The average molecular weight is 576 g/mol. The zero-order valence-corrected chi connectivity index (χ0v) is 22.3. The molecule has 2 amide bonds. The van der Waals surface area contributed by atoms with Crippen LogP contribution in [0, 0.1) is 0 Å². The monoisotopic (exact) mass is 575 g/mol. The van der Waals surface area contributed by atoms with E-state index in [9.17, 15) is 31.9 Å². The van der Waals surface area contributed by atoms with Crippen molar-refractivity contribution in [2.45, 2.75) is 38.0 Å². The van der Waals surface area contributed by atoms with Crippen molar-refractivity contribution in [1.82, 2.24) is 24.3 Å². The molecule has 2 aromatic heterocycles. The normalized spacial score (nSPS) is 20.0. The fourth-order valence-electron chi connectivity index (χ4n) is 5.43. The van der Waals surface area contributed by atoms with Crippen LogP contribution in [0.4, 0.5) is 29.3 Å². The lowest BCUT2D eigenvalue weighted by molar-refractivity contribution is -0.144. The quantitative estimate of drug-likeness (QED) is 0.432. The molecule has 1 atom stereocenters. The number of hydrogen-bond donors (Lipinski definition) is 1.